The molecule has 0 saturated carbocycles. The van der Waals surface area contributed by atoms with Gasteiger partial charge in [-0.3, -0.25) is 9.79 Å². The van der Waals surface area contributed by atoms with Crippen LogP contribution in [0.25, 0.3) is 0 Å². The molecule has 2 aromatic rings. The van der Waals surface area contributed by atoms with Crippen LogP contribution >= 0.6 is 24.0 Å². The van der Waals surface area contributed by atoms with Crippen molar-refractivity contribution >= 4 is 35.8 Å². The van der Waals surface area contributed by atoms with Crippen LogP contribution in [0.15, 0.2) is 53.5 Å². The van der Waals surface area contributed by atoms with Gasteiger partial charge < -0.3 is 20.7 Å². The van der Waals surface area contributed by atoms with Gasteiger partial charge in [0.15, 0.2) is 5.96 Å². The molecule has 0 spiro atoms. The molecule has 0 aliphatic heterocycles. The van der Waals surface area contributed by atoms with Gasteiger partial charge in [-0.1, -0.05) is 35.9 Å². The van der Waals surface area contributed by atoms with Crippen LogP contribution in [0, 0.1) is 6.92 Å². The van der Waals surface area contributed by atoms with Crippen molar-refractivity contribution in [2.24, 2.45) is 4.99 Å². The van der Waals surface area contributed by atoms with E-state index in [1.54, 1.807) is 7.05 Å². The van der Waals surface area contributed by atoms with Crippen molar-refractivity contribution in [3.8, 4) is 5.75 Å². The van der Waals surface area contributed by atoms with E-state index in [2.05, 4.69) is 20.9 Å². The number of hydrogen-bond donors (Lipinski definition) is 3. The number of amides is 1. The summed E-state index contributed by atoms with van der Waals surface area (Å²) >= 11 is 0. The van der Waals surface area contributed by atoms with Gasteiger partial charge in [0.05, 0.1) is 0 Å². The fourth-order valence-electron chi connectivity index (χ4n) is 2.72. The Morgan fingerprint density at radius 2 is 1.70 bits per heavy atom. The van der Waals surface area contributed by atoms with Crippen LogP contribution in [0.3, 0.4) is 0 Å². The molecule has 2 aromatic carbocycles. The topological polar surface area (TPSA) is 74.8 Å². The number of aliphatic imine (C=N–C) groups is 1. The lowest BCUT2D eigenvalue weighted by atomic mass is 10.1. The van der Waals surface area contributed by atoms with Crippen molar-refractivity contribution in [3.63, 3.8) is 0 Å². The van der Waals surface area contributed by atoms with E-state index in [9.17, 15) is 4.79 Å². The highest BCUT2D eigenvalue weighted by Gasteiger charge is 2.14. The summed E-state index contributed by atoms with van der Waals surface area (Å²) in [6.45, 7) is 9.71. The number of carbonyl (C=O) groups is 1. The summed E-state index contributed by atoms with van der Waals surface area (Å²) in [6, 6.07) is 15.5. The lowest BCUT2D eigenvalue weighted by Gasteiger charge is -2.23. The summed E-state index contributed by atoms with van der Waals surface area (Å²) in [7, 11) is 1.72. The van der Waals surface area contributed by atoms with Crippen LogP contribution in [0.4, 0.5) is 0 Å². The molecule has 3 N–H and O–H groups in total. The van der Waals surface area contributed by atoms with E-state index in [4.69, 9.17) is 4.74 Å². The van der Waals surface area contributed by atoms with Crippen molar-refractivity contribution < 1.29 is 9.53 Å². The Morgan fingerprint density at radius 3 is 2.37 bits per heavy atom. The molecule has 2 rings (SSSR count). The van der Waals surface area contributed by atoms with Crippen LogP contribution in [-0.4, -0.2) is 37.6 Å². The van der Waals surface area contributed by atoms with Gasteiger partial charge in [-0.15, -0.1) is 24.0 Å². The molecule has 7 heteroatoms. The maximum absolute atomic E-state index is 12.2. The molecular formula is C23H33IN4O2. The number of guanidine groups is 1. The first-order valence-electron chi connectivity index (χ1n) is 9.85. The zero-order valence-corrected chi connectivity index (χ0v) is 20.7. The highest BCUT2D eigenvalue weighted by molar-refractivity contribution is 14.0. The number of halogens is 1. The molecule has 0 aromatic heterocycles. The molecule has 30 heavy (non-hydrogen) atoms. The molecule has 0 atom stereocenters. The third-order valence-electron chi connectivity index (χ3n) is 4.04. The predicted octanol–water partition coefficient (Wildman–Crippen LogP) is 3.89. The van der Waals surface area contributed by atoms with E-state index in [1.807, 2.05) is 76.2 Å². The SMILES string of the molecule is CN=C(NCCNC(=O)c1cccc(C)c1)NCc1ccccc1OC(C)(C)C.I. The van der Waals surface area contributed by atoms with Crippen molar-refractivity contribution in [2.75, 3.05) is 20.1 Å². The van der Waals surface area contributed by atoms with Crippen LogP contribution in [0.1, 0.15) is 42.3 Å². The maximum atomic E-state index is 12.2. The maximum Gasteiger partial charge on any atom is 0.251 e. The lowest BCUT2D eigenvalue weighted by Crippen LogP contribution is -2.41. The second kappa shape index (κ2) is 12.4. The van der Waals surface area contributed by atoms with Gasteiger partial charge in [-0.25, -0.2) is 0 Å². The van der Waals surface area contributed by atoms with E-state index >= 15 is 0 Å². The molecule has 0 aliphatic carbocycles. The van der Waals surface area contributed by atoms with Gasteiger partial charge in [0, 0.05) is 37.8 Å². The Morgan fingerprint density at radius 1 is 1.00 bits per heavy atom. The first-order chi connectivity index (χ1) is 13.8. The molecule has 0 fully saturated rings. The molecule has 6 nitrogen and oxygen atoms in total. The van der Waals surface area contributed by atoms with Crippen LogP contribution in [0.5, 0.6) is 5.75 Å². The number of ether oxygens (including phenoxy) is 1. The molecule has 164 valence electrons. The molecule has 0 radical (unpaired) electrons. The lowest BCUT2D eigenvalue weighted by molar-refractivity contribution is 0.0954. The van der Waals surface area contributed by atoms with Crippen LogP contribution in [0.2, 0.25) is 0 Å². The van der Waals surface area contributed by atoms with E-state index in [0.717, 1.165) is 16.9 Å². The monoisotopic (exact) mass is 524 g/mol. The minimum absolute atomic E-state index is 0. The van der Waals surface area contributed by atoms with Crippen LogP contribution < -0.4 is 20.7 Å². The molecular weight excluding hydrogens is 491 g/mol. The number of aryl methyl sites for hydroxylation is 1. The Hall–Kier alpha value is -2.29. The summed E-state index contributed by atoms with van der Waals surface area (Å²) in [6.07, 6.45) is 0. The average molecular weight is 524 g/mol. The van der Waals surface area contributed by atoms with E-state index in [1.165, 1.54) is 0 Å². The van der Waals surface area contributed by atoms with Gasteiger partial charge in [0.1, 0.15) is 11.4 Å². The second-order valence-electron chi connectivity index (χ2n) is 7.80. The zero-order chi connectivity index (χ0) is 21.3. The highest BCUT2D eigenvalue weighted by atomic mass is 127. The third-order valence-corrected chi connectivity index (χ3v) is 4.04. The molecule has 0 bridgehead atoms. The van der Waals surface area contributed by atoms with Gasteiger partial charge in [-0.05, 0) is 45.9 Å². The summed E-state index contributed by atoms with van der Waals surface area (Å²) in [4.78, 5) is 16.4. The number of nitrogens with zero attached hydrogens (tertiary/aromatic N) is 1. The van der Waals surface area contributed by atoms with E-state index in [0.29, 0.717) is 31.2 Å². The standard InChI is InChI=1S/C23H32N4O2.HI/c1-17-9-8-11-18(15-17)21(28)25-13-14-26-22(24-5)27-16-19-10-6-7-12-20(19)29-23(2,3)4;/h6-12,15H,13-14,16H2,1-5H3,(H,25,28)(H2,24,26,27);1H. The first kappa shape index (κ1) is 25.7. The number of carbonyl (C=O) groups excluding carboxylic acids is 1. The largest absolute Gasteiger partial charge is 0.488 e. The van der Waals surface area contributed by atoms with E-state index in [-0.39, 0.29) is 35.5 Å². The van der Waals surface area contributed by atoms with Crippen molar-refractivity contribution in [3.05, 3.63) is 65.2 Å². The van der Waals surface area contributed by atoms with Gasteiger partial charge in [-0.2, -0.15) is 0 Å². The quantitative estimate of drug-likeness (QED) is 0.223. The van der Waals surface area contributed by atoms with Gasteiger partial charge >= 0.3 is 0 Å². The van der Waals surface area contributed by atoms with E-state index < -0.39 is 0 Å². The van der Waals surface area contributed by atoms with Gasteiger partial charge in [0.2, 0.25) is 0 Å². The summed E-state index contributed by atoms with van der Waals surface area (Å²) < 4.78 is 6.03. The van der Waals surface area contributed by atoms with Crippen molar-refractivity contribution in [2.45, 2.75) is 39.8 Å². The number of nitrogens with one attached hydrogen (secondary N) is 3. The molecule has 0 unspecified atom stereocenters. The Balaban J connectivity index is 0.00000450. The molecule has 0 heterocycles. The summed E-state index contributed by atoms with van der Waals surface area (Å²) in [5.74, 6) is 1.44. The number of benzene rings is 2. The Bertz CT molecular complexity index is 847. The minimum atomic E-state index is -0.258. The van der Waals surface area contributed by atoms with Crippen LogP contribution in [-0.2, 0) is 6.54 Å². The highest BCUT2D eigenvalue weighted by Crippen LogP contribution is 2.22. The minimum Gasteiger partial charge on any atom is -0.488 e. The molecule has 1 amide bonds. The fraction of sp³-hybridized carbons (Fsp3) is 0.391. The molecule has 0 aliphatic rings. The Kier molecular flexibility index (Phi) is 10.7. The predicted molar refractivity (Wildman–Crippen MR) is 134 cm³/mol. The van der Waals surface area contributed by atoms with Crippen molar-refractivity contribution in [1.29, 1.82) is 0 Å². The third kappa shape index (κ3) is 9.02. The average Bonchev–Trinajstić information content (AvgIpc) is 2.67. The smallest absolute Gasteiger partial charge is 0.251 e. The second-order valence-corrected chi connectivity index (χ2v) is 7.80. The normalized spacial score (nSPS) is 11.3. The Labute approximate surface area is 196 Å². The fourth-order valence-corrected chi connectivity index (χ4v) is 2.72. The summed E-state index contributed by atoms with van der Waals surface area (Å²) in [5, 5.41) is 9.40. The zero-order valence-electron chi connectivity index (χ0n) is 18.4. The first-order valence-corrected chi connectivity index (χ1v) is 9.85. The summed E-state index contributed by atoms with van der Waals surface area (Å²) in [5.41, 5.74) is 2.53. The number of para-hydroxylation sites is 1. The number of rotatable bonds is 7. The van der Waals surface area contributed by atoms with Crippen molar-refractivity contribution in [1.82, 2.24) is 16.0 Å². The molecule has 0 saturated heterocycles. The van der Waals surface area contributed by atoms with Gasteiger partial charge in [0.25, 0.3) is 5.91 Å². The number of hydrogen-bond acceptors (Lipinski definition) is 3.